The number of likely N-dealkylation sites (N-methyl/N-ethyl adjacent to an activating group) is 1. The topological polar surface area (TPSA) is 87.3 Å². The van der Waals surface area contributed by atoms with Crippen LogP contribution in [-0.2, 0) is 16.0 Å². The van der Waals surface area contributed by atoms with E-state index in [4.69, 9.17) is 4.74 Å². The molecule has 1 aliphatic carbocycles. The van der Waals surface area contributed by atoms with E-state index in [0.717, 1.165) is 30.5 Å². The molecule has 1 aromatic rings. The summed E-state index contributed by atoms with van der Waals surface area (Å²) in [5, 5.41) is 10.0. The highest BCUT2D eigenvalue weighted by atomic mass is 16.6. The van der Waals surface area contributed by atoms with Gasteiger partial charge in [0.25, 0.3) is 0 Å². The zero-order valence-electron chi connectivity index (χ0n) is 15.9. The van der Waals surface area contributed by atoms with Gasteiger partial charge in [0.2, 0.25) is 5.91 Å². The molecule has 1 aliphatic rings. The average molecular weight is 350 g/mol. The van der Waals surface area contributed by atoms with Gasteiger partial charge in [-0.3, -0.25) is 9.89 Å². The first-order valence-corrected chi connectivity index (χ1v) is 9.02. The number of hydrogen-bond donors (Lipinski definition) is 2. The number of amides is 2. The van der Waals surface area contributed by atoms with Crippen LogP contribution in [0.5, 0.6) is 0 Å². The van der Waals surface area contributed by atoms with Crippen LogP contribution in [0, 0.1) is 0 Å². The van der Waals surface area contributed by atoms with Crippen molar-refractivity contribution in [3.05, 3.63) is 17.5 Å². The smallest absolute Gasteiger partial charge is 0.410 e. The number of rotatable bonds is 5. The molecule has 7 heteroatoms. The summed E-state index contributed by atoms with van der Waals surface area (Å²) in [5.74, 6) is -0.166. The number of ether oxygens (including phenoxy) is 1. The number of carbonyl (C=O) groups excluding carboxylic acids is 2. The Kier molecular flexibility index (Phi) is 6.08. The van der Waals surface area contributed by atoms with Gasteiger partial charge in [0.15, 0.2) is 0 Å². The number of aromatic nitrogens is 2. The van der Waals surface area contributed by atoms with Crippen molar-refractivity contribution < 1.29 is 14.3 Å². The van der Waals surface area contributed by atoms with Crippen LogP contribution >= 0.6 is 0 Å². The number of H-pyrrole nitrogens is 1. The lowest BCUT2D eigenvalue weighted by molar-refractivity contribution is -0.123. The van der Waals surface area contributed by atoms with E-state index in [1.54, 1.807) is 11.1 Å². The molecule has 140 valence electrons. The number of carbonyl (C=O) groups is 2. The Morgan fingerprint density at radius 2 is 2.20 bits per heavy atom. The van der Waals surface area contributed by atoms with Crippen molar-refractivity contribution in [2.75, 3.05) is 13.1 Å². The van der Waals surface area contributed by atoms with Gasteiger partial charge in [-0.1, -0.05) is 0 Å². The Bertz CT molecular complexity index is 606. The van der Waals surface area contributed by atoms with Crippen LogP contribution in [0.4, 0.5) is 4.79 Å². The molecule has 0 saturated carbocycles. The molecule has 2 rings (SSSR count). The normalized spacial score (nSPS) is 18.2. The van der Waals surface area contributed by atoms with Crippen molar-refractivity contribution in [2.45, 2.75) is 71.4 Å². The molecule has 0 radical (unpaired) electrons. The first-order chi connectivity index (χ1) is 11.7. The van der Waals surface area contributed by atoms with Crippen LogP contribution in [-0.4, -0.2) is 51.8 Å². The molecule has 0 aliphatic heterocycles. The van der Waals surface area contributed by atoms with Gasteiger partial charge in [-0.25, -0.2) is 4.79 Å². The van der Waals surface area contributed by atoms with E-state index < -0.39 is 5.60 Å². The Balaban J connectivity index is 1.91. The van der Waals surface area contributed by atoms with Gasteiger partial charge >= 0.3 is 6.09 Å². The third-order valence-electron chi connectivity index (χ3n) is 4.44. The predicted octanol–water partition coefficient (Wildman–Crippen LogP) is 2.59. The van der Waals surface area contributed by atoms with E-state index >= 15 is 0 Å². The molecule has 2 N–H and O–H groups in total. The van der Waals surface area contributed by atoms with Gasteiger partial charge in [0.05, 0.1) is 12.1 Å². The van der Waals surface area contributed by atoms with E-state index in [-0.39, 0.29) is 24.0 Å². The molecular formula is C18H30N4O3. The number of nitrogens with zero attached hydrogens (tertiary/aromatic N) is 2. The Morgan fingerprint density at radius 1 is 1.48 bits per heavy atom. The molecule has 7 nitrogen and oxygen atoms in total. The number of hydrogen-bond acceptors (Lipinski definition) is 4. The summed E-state index contributed by atoms with van der Waals surface area (Å²) < 4.78 is 5.43. The first kappa shape index (κ1) is 19.3. The van der Waals surface area contributed by atoms with Crippen molar-refractivity contribution in [2.24, 2.45) is 0 Å². The van der Waals surface area contributed by atoms with Crippen LogP contribution in [0.1, 0.15) is 64.6 Å². The van der Waals surface area contributed by atoms with E-state index in [9.17, 15) is 9.59 Å². The second-order valence-electron chi connectivity index (χ2n) is 7.61. The summed E-state index contributed by atoms with van der Waals surface area (Å²) in [7, 11) is 0. The SMILES string of the molecule is CCN(C(=O)OC(C)(C)C)[C@H](C)CNC(=O)C1CCCc2[nH]ncc21. The van der Waals surface area contributed by atoms with Crippen LogP contribution in [0.2, 0.25) is 0 Å². The minimum atomic E-state index is -0.534. The zero-order chi connectivity index (χ0) is 18.6. The van der Waals surface area contributed by atoms with Crippen molar-refractivity contribution in [1.82, 2.24) is 20.4 Å². The quantitative estimate of drug-likeness (QED) is 0.854. The second-order valence-corrected chi connectivity index (χ2v) is 7.61. The summed E-state index contributed by atoms with van der Waals surface area (Å²) in [4.78, 5) is 26.5. The number of aromatic amines is 1. The largest absolute Gasteiger partial charge is 0.444 e. The van der Waals surface area contributed by atoms with E-state index in [0.29, 0.717) is 13.1 Å². The summed E-state index contributed by atoms with van der Waals surface area (Å²) in [6.45, 7) is 10.3. The highest BCUT2D eigenvalue weighted by molar-refractivity contribution is 5.84. The van der Waals surface area contributed by atoms with E-state index in [1.165, 1.54) is 0 Å². The predicted molar refractivity (Wildman–Crippen MR) is 95.4 cm³/mol. The number of fused-ring (bicyclic) bond motifs is 1. The molecule has 25 heavy (non-hydrogen) atoms. The van der Waals surface area contributed by atoms with Crippen LogP contribution in [0.25, 0.3) is 0 Å². The molecule has 0 bridgehead atoms. The molecule has 0 saturated heterocycles. The maximum Gasteiger partial charge on any atom is 0.410 e. The van der Waals surface area contributed by atoms with Gasteiger partial charge < -0.3 is 15.0 Å². The Hall–Kier alpha value is -2.05. The van der Waals surface area contributed by atoms with Gasteiger partial charge in [0, 0.05) is 30.4 Å². The molecule has 2 amide bonds. The van der Waals surface area contributed by atoms with Crippen LogP contribution < -0.4 is 5.32 Å². The third kappa shape index (κ3) is 4.96. The highest BCUT2D eigenvalue weighted by Gasteiger charge is 2.29. The number of aryl methyl sites for hydroxylation is 1. The molecule has 0 spiro atoms. The molecule has 1 aromatic heterocycles. The fourth-order valence-corrected chi connectivity index (χ4v) is 3.16. The second kappa shape index (κ2) is 7.89. The summed E-state index contributed by atoms with van der Waals surface area (Å²) >= 11 is 0. The van der Waals surface area contributed by atoms with Gasteiger partial charge in [-0.2, -0.15) is 5.10 Å². The maximum absolute atomic E-state index is 12.6. The summed E-state index contributed by atoms with van der Waals surface area (Å²) in [6.07, 6.45) is 4.14. The van der Waals surface area contributed by atoms with Crippen molar-refractivity contribution >= 4 is 12.0 Å². The fraction of sp³-hybridized carbons (Fsp3) is 0.722. The Morgan fingerprint density at radius 3 is 2.84 bits per heavy atom. The summed E-state index contributed by atoms with van der Waals surface area (Å²) in [6, 6.07) is -0.142. The molecule has 1 heterocycles. The average Bonchev–Trinajstić information content (AvgIpc) is 2.99. The molecule has 0 aromatic carbocycles. The molecule has 1 unspecified atom stereocenters. The van der Waals surface area contributed by atoms with Gasteiger partial charge in [-0.05, 0) is 53.9 Å². The van der Waals surface area contributed by atoms with Crippen LogP contribution in [0.15, 0.2) is 6.20 Å². The van der Waals surface area contributed by atoms with Crippen molar-refractivity contribution in [1.29, 1.82) is 0 Å². The monoisotopic (exact) mass is 350 g/mol. The lowest BCUT2D eigenvalue weighted by Crippen LogP contribution is -2.47. The summed E-state index contributed by atoms with van der Waals surface area (Å²) in [5.41, 5.74) is 1.52. The lowest BCUT2D eigenvalue weighted by atomic mass is 9.86. The van der Waals surface area contributed by atoms with E-state index in [1.807, 2.05) is 34.6 Å². The minimum absolute atomic E-state index is 0.00515. The molecule has 2 atom stereocenters. The highest BCUT2D eigenvalue weighted by Crippen LogP contribution is 2.30. The van der Waals surface area contributed by atoms with Gasteiger partial charge in [0.1, 0.15) is 5.60 Å². The zero-order valence-corrected chi connectivity index (χ0v) is 15.9. The van der Waals surface area contributed by atoms with Crippen LogP contribution in [0.3, 0.4) is 0 Å². The van der Waals surface area contributed by atoms with Crippen molar-refractivity contribution in [3.8, 4) is 0 Å². The third-order valence-corrected chi connectivity index (χ3v) is 4.44. The standard InChI is InChI=1S/C18H30N4O3/c1-6-22(17(24)25-18(3,4)5)12(2)10-19-16(23)13-8-7-9-15-14(13)11-20-21-15/h11-13H,6-10H2,1-5H3,(H,19,23)(H,20,21)/t12-,13?/m1/s1. The molecular weight excluding hydrogens is 320 g/mol. The van der Waals surface area contributed by atoms with E-state index in [2.05, 4.69) is 15.5 Å². The molecule has 0 fully saturated rings. The minimum Gasteiger partial charge on any atom is -0.444 e. The lowest BCUT2D eigenvalue weighted by Gasteiger charge is -2.31. The van der Waals surface area contributed by atoms with Gasteiger partial charge in [-0.15, -0.1) is 0 Å². The first-order valence-electron chi connectivity index (χ1n) is 9.02. The fourth-order valence-electron chi connectivity index (χ4n) is 3.16. The Labute approximate surface area is 149 Å². The number of nitrogens with one attached hydrogen (secondary N) is 2. The maximum atomic E-state index is 12.6. The van der Waals surface area contributed by atoms with Crippen molar-refractivity contribution in [3.63, 3.8) is 0 Å².